The molecule has 104 valence electrons. The van der Waals surface area contributed by atoms with E-state index in [0.717, 1.165) is 10.6 Å². The van der Waals surface area contributed by atoms with Gasteiger partial charge in [-0.3, -0.25) is 9.36 Å². The molecule has 0 atom stereocenters. The summed E-state index contributed by atoms with van der Waals surface area (Å²) in [5.74, 6) is -0.0893. The van der Waals surface area contributed by atoms with Gasteiger partial charge in [0.15, 0.2) is 5.78 Å². The van der Waals surface area contributed by atoms with Crippen molar-refractivity contribution >= 4 is 17.5 Å². The van der Waals surface area contributed by atoms with E-state index in [1.54, 1.807) is 43.8 Å². The standard InChI is InChI=1S/C15H16N2O2S/c1-10-8-11(2)17(15(19)16-10)9-14(18)12-4-6-13(20-3)7-5-12/h4-8H,9H2,1-3H3. The predicted molar refractivity (Wildman–Crippen MR) is 80.5 cm³/mol. The lowest BCUT2D eigenvalue weighted by atomic mass is 10.1. The summed E-state index contributed by atoms with van der Waals surface area (Å²) in [6.07, 6.45) is 1.98. The Morgan fingerprint density at radius 2 is 1.90 bits per heavy atom. The van der Waals surface area contributed by atoms with Gasteiger partial charge in [0.2, 0.25) is 0 Å². The van der Waals surface area contributed by atoms with Crippen LogP contribution in [0.25, 0.3) is 0 Å². The van der Waals surface area contributed by atoms with E-state index in [-0.39, 0.29) is 18.0 Å². The highest BCUT2D eigenvalue weighted by Gasteiger charge is 2.10. The minimum absolute atomic E-state index is 0.0244. The Balaban J connectivity index is 2.25. The number of ketones is 1. The molecule has 0 spiro atoms. The fraction of sp³-hybridized carbons (Fsp3) is 0.267. The van der Waals surface area contributed by atoms with Crippen LogP contribution in [0.15, 0.2) is 40.0 Å². The maximum absolute atomic E-state index is 12.2. The topological polar surface area (TPSA) is 52.0 Å². The van der Waals surface area contributed by atoms with Crippen molar-refractivity contribution in [2.75, 3.05) is 6.26 Å². The smallest absolute Gasteiger partial charge is 0.292 e. The van der Waals surface area contributed by atoms with Crippen molar-refractivity contribution in [3.8, 4) is 0 Å². The number of rotatable bonds is 4. The molecular formula is C15H16N2O2S. The lowest BCUT2D eigenvalue weighted by Crippen LogP contribution is -2.28. The van der Waals surface area contributed by atoms with Gasteiger partial charge in [-0.25, -0.2) is 4.79 Å². The summed E-state index contributed by atoms with van der Waals surface area (Å²) in [7, 11) is 0. The number of Topliss-reactive ketones (excluding diaryl/α,β-unsaturated/α-hetero) is 1. The number of benzene rings is 1. The van der Waals surface area contributed by atoms with Crippen LogP contribution in [0.1, 0.15) is 21.7 Å². The third kappa shape index (κ3) is 3.17. The van der Waals surface area contributed by atoms with Crippen LogP contribution in [0, 0.1) is 13.8 Å². The molecular weight excluding hydrogens is 272 g/mol. The van der Waals surface area contributed by atoms with E-state index in [9.17, 15) is 9.59 Å². The number of aromatic nitrogens is 2. The molecule has 0 saturated heterocycles. The van der Waals surface area contributed by atoms with Gasteiger partial charge < -0.3 is 0 Å². The van der Waals surface area contributed by atoms with Gasteiger partial charge in [0.05, 0.1) is 6.54 Å². The number of hydrogen-bond donors (Lipinski definition) is 0. The average Bonchev–Trinajstić information content (AvgIpc) is 2.42. The molecule has 5 heteroatoms. The fourth-order valence-corrected chi connectivity index (χ4v) is 2.39. The average molecular weight is 288 g/mol. The minimum Gasteiger partial charge on any atom is -0.292 e. The van der Waals surface area contributed by atoms with Crippen molar-refractivity contribution in [3.05, 3.63) is 57.8 Å². The lowest BCUT2D eigenvalue weighted by molar-refractivity contribution is 0.0969. The molecule has 0 amide bonds. The Kier molecular flexibility index (Phi) is 4.39. The first-order valence-corrected chi connectivity index (χ1v) is 7.46. The number of carbonyl (C=O) groups excluding carboxylic acids is 1. The first-order valence-electron chi connectivity index (χ1n) is 6.23. The van der Waals surface area contributed by atoms with Crippen molar-refractivity contribution in [3.63, 3.8) is 0 Å². The van der Waals surface area contributed by atoms with Crippen LogP contribution < -0.4 is 5.69 Å². The largest absolute Gasteiger partial charge is 0.348 e. The Morgan fingerprint density at radius 3 is 2.45 bits per heavy atom. The molecule has 2 aromatic rings. The van der Waals surface area contributed by atoms with Crippen LogP contribution >= 0.6 is 11.8 Å². The van der Waals surface area contributed by atoms with Crippen LogP contribution in [0.2, 0.25) is 0 Å². The summed E-state index contributed by atoms with van der Waals surface area (Å²) in [5.41, 5.74) is 1.64. The van der Waals surface area contributed by atoms with E-state index >= 15 is 0 Å². The van der Waals surface area contributed by atoms with Crippen molar-refractivity contribution in [1.29, 1.82) is 0 Å². The van der Waals surface area contributed by atoms with Crippen LogP contribution in [0.3, 0.4) is 0 Å². The number of aryl methyl sites for hydroxylation is 2. The van der Waals surface area contributed by atoms with Gasteiger partial charge in [-0.05, 0) is 38.3 Å². The third-order valence-electron chi connectivity index (χ3n) is 3.06. The molecule has 1 aromatic carbocycles. The van der Waals surface area contributed by atoms with Gasteiger partial charge in [0, 0.05) is 21.8 Å². The van der Waals surface area contributed by atoms with Gasteiger partial charge in [-0.15, -0.1) is 11.8 Å². The summed E-state index contributed by atoms with van der Waals surface area (Å²) < 4.78 is 1.40. The van der Waals surface area contributed by atoms with Crippen LogP contribution in [-0.2, 0) is 6.54 Å². The number of thioether (sulfide) groups is 1. The number of hydrogen-bond acceptors (Lipinski definition) is 4. The van der Waals surface area contributed by atoms with Gasteiger partial charge in [0.25, 0.3) is 0 Å². The Bertz CT molecular complexity index is 690. The second-order valence-corrected chi connectivity index (χ2v) is 5.44. The van der Waals surface area contributed by atoms with E-state index in [4.69, 9.17) is 0 Å². The summed E-state index contributed by atoms with van der Waals surface area (Å²) in [5, 5.41) is 0. The summed E-state index contributed by atoms with van der Waals surface area (Å²) in [6.45, 7) is 3.60. The predicted octanol–water partition coefficient (Wildman–Crippen LogP) is 2.46. The highest BCUT2D eigenvalue weighted by Crippen LogP contribution is 2.15. The highest BCUT2D eigenvalue weighted by molar-refractivity contribution is 7.98. The van der Waals surface area contributed by atoms with Crippen LogP contribution in [-0.4, -0.2) is 21.6 Å². The molecule has 0 unspecified atom stereocenters. The van der Waals surface area contributed by atoms with Gasteiger partial charge >= 0.3 is 5.69 Å². The number of nitrogens with zero attached hydrogens (tertiary/aromatic N) is 2. The Labute approximate surface area is 121 Å². The molecule has 0 aliphatic carbocycles. The summed E-state index contributed by atoms with van der Waals surface area (Å²) in [6, 6.07) is 9.18. The molecule has 0 bridgehead atoms. The molecule has 2 rings (SSSR count). The monoisotopic (exact) mass is 288 g/mol. The maximum atomic E-state index is 12.2. The van der Waals surface area contributed by atoms with Gasteiger partial charge in [-0.2, -0.15) is 4.98 Å². The van der Waals surface area contributed by atoms with E-state index in [1.807, 2.05) is 18.4 Å². The molecule has 0 fully saturated rings. The van der Waals surface area contributed by atoms with Crippen LogP contribution in [0.5, 0.6) is 0 Å². The molecule has 0 N–H and O–H groups in total. The zero-order valence-corrected chi connectivity index (χ0v) is 12.5. The summed E-state index contributed by atoms with van der Waals surface area (Å²) in [4.78, 5) is 29.0. The second-order valence-electron chi connectivity index (χ2n) is 4.56. The first-order chi connectivity index (χ1) is 9.51. The lowest BCUT2D eigenvalue weighted by Gasteiger charge is -2.09. The summed E-state index contributed by atoms with van der Waals surface area (Å²) >= 11 is 1.62. The van der Waals surface area contributed by atoms with Crippen molar-refractivity contribution in [2.45, 2.75) is 25.3 Å². The van der Waals surface area contributed by atoms with E-state index in [1.165, 1.54) is 4.57 Å². The first kappa shape index (κ1) is 14.5. The zero-order valence-electron chi connectivity index (χ0n) is 11.7. The Hall–Kier alpha value is -1.88. The van der Waals surface area contributed by atoms with E-state index in [2.05, 4.69) is 4.98 Å². The van der Waals surface area contributed by atoms with E-state index in [0.29, 0.717) is 11.3 Å². The maximum Gasteiger partial charge on any atom is 0.348 e. The van der Waals surface area contributed by atoms with Gasteiger partial charge in [0.1, 0.15) is 0 Å². The van der Waals surface area contributed by atoms with Crippen LogP contribution in [0.4, 0.5) is 0 Å². The zero-order chi connectivity index (χ0) is 14.7. The molecule has 1 aromatic heterocycles. The SMILES string of the molecule is CSc1ccc(C(=O)Cn2c(C)cc(C)nc2=O)cc1. The van der Waals surface area contributed by atoms with E-state index < -0.39 is 0 Å². The molecule has 0 radical (unpaired) electrons. The number of carbonyl (C=O) groups is 1. The molecule has 20 heavy (non-hydrogen) atoms. The quantitative estimate of drug-likeness (QED) is 0.640. The minimum atomic E-state index is -0.378. The molecule has 0 aliphatic rings. The van der Waals surface area contributed by atoms with Crippen molar-refractivity contribution in [1.82, 2.24) is 9.55 Å². The second kappa shape index (κ2) is 6.05. The molecule has 0 aliphatic heterocycles. The fourth-order valence-electron chi connectivity index (χ4n) is 1.98. The molecule has 0 saturated carbocycles. The Morgan fingerprint density at radius 1 is 1.25 bits per heavy atom. The normalized spacial score (nSPS) is 10.6. The molecule has 1 heterocycles. The third-order valence-corrected chi connectivity index (χ3v) is 3.80. The van der Waals surface area contributed by atoms with Gasteiger partial charge in [-0.1, -0.05) is 12.1 Å². The van der Waals surface area contributed by atoms with Crippen molar-refractivity contribution < 1.29 is 4.79 Å². The molecule has 4 nitrogen and oxygen atoms in total. The highest BCUT2D eigenvalue weighted by atomic mass is 32.2. The van der Waals surface area contributed by atoms with Crippen molar-refractivity contribution in [2.24, 2.45) is 0 Å².